The number of nitrogens with one attached hydrogen (secondary N) is 2. The first kappa shape index (κ1) is 20.1. The van der Waals surface area contributed by atoms with E-state index in [-0.39, 0.29) is 10.9 Å². The Hall–Kier alpha value is -3.19. The van der Waals surface area contributed by atoms with E-state index >= 15 is 0 Å². The molecule has 1 aromatic heterocycles. The van der Waals surface area contributed by atoms with Gasteiger partial charge in [-0.2, -0.15) is 0 Å². The van der Waals surface area contributed by atoms with Crippen LogP contribution in [0.15, 0.2) is 54.4 Å². The zero-order valence-electron chi connectivity index (χ0n) is 14.7. The van der Waals surface area contributed by atoms with Crippen LogP contribution in [0.5, 0.6) is 0 Å². The number of nitrogens with zero attached hydrogens (tertiary/aromatic N) is 1. The highest BCUT2D eigenvalue weighted by Gasteiger charge is 2.22. The molecule has 0 aliphatic carbocycles. The zero-order chi connectivity index (χ0) is 19.8. The van der Waals surface area contributed by atoms with Gasteiger partial charge in [0, 0.05) is 13.1 Å². The summed E-state index contributed by atoms with van der Waals surface area (Å²) in [7, 11) is 0. The van der Waals surface area contributed by atoms with Crippen LogP contribution in [0.1, 0.15) is 19.4 Å². The molecule has 140 valence electrons. The average molecular weight is 388 g/mol. The second-order valence-corrected chi connectivity index (χ2v) is 5.89. The van der Waals surface area contributed by atoms with Crippen LogP contribution in [-0.2, 0) is 19.1 Å². The predicted octanol–water partition coefficient (Wildman–Crippen LogP) is 2.78. The lowest BCUT2D eigenvalue weighted by atomic mass is 10.2. The van der Waals surface area contributed by atoms with E-state index < -0.39 is 23.9 Å². The van der Waals surface area contributed by atoms with Gasteiger partial charge in [-0.25, -0.2) is 9.78 Å². The summed E-state index contributed by atoms with van der Waals surface area (Å²) in [6.07, 6.45) is 1.82. The highest BCUT2D eigenvalue weighted by Crippen LogP contribution is 2.18. The number of esters is 1. The largest absolute Gasteiger partial charge is 0.448 e. The molecule has 0 fully saturated rings. The highest BCUT2D eigenvalue weighted by molar-refractivity contribution is 6.32. The summed E-state index contributed by atoms with van der Waals surface area (Å²) < 4.78 is 5.16. The fourth-order valence-corrected chi connectivity index (χ4v) is 2.21. The van der Waals surface area contributed by atoms with Crippen LogP contribution in [0.3, 0.4) is 0 Å². The number of aromatic nitrogens is 1. The zero-order valence-corrected chi connectivity index (χ0v) is 15.5. The SMILES string of the molecule is CC(=O)N/C(=C\c1ccccc1)C(=O)O[C@H](C)C(=O)Nc1cccnc1Cl. The lowest BCUT2D eigenvalue weighted by Gasteiger charge is -2.15. The minimum absolute atomic E-state index is 0.0761. The van der Waals surface area contributed by atoms with Crippen LogP contribution >= 0.6 is 11.6 Å². The summed E-state index contributed by atoms with van der Waals surface area (Å²) in [5, 5.41) is 5.06. The first-order valence-corrected chi connectivity index (χ1v) is 8.41. The van der Waals surface area contributed by atoms with Gasteiger partial charge in [-0.15, -0.1) is 0 Å². The average Bonchev–Trinajstić information content (AvgIpc) is 2.63. The first-order chi connectivity index (χ1) is 12.9. The molecule has 0 saturated carbocycles. The number of amides is 2. The maximum atomic E-state index is 12.4. The molecule has 7 nitrogen and oxygen atoms in total. The van der Waals surface area contributed by atoms with Crippen LogP contribution in [0.25, 0.3) is 6.08 Å². The number of rotatable bonds is 6. The molecule has 2 amide bonds. The molecule has 2 aromatic rings. The normalized spacial score (nSPS) is 12.0. The Bertz CT molecular complexity index is 868. The van der Waals surface area contributed by atoms with Crippen LogP contribution in [0.2, 0.25) is 5.15 Å². The number of hydrogen-bond acceptors (Lipinski definition) is 5. The number of halogens is 1. The third kappa shape index (κ3) is 6.23. The number of carbonyl (C=O) groups excluding carboxylic acids is 3. The Morgan fingerprint density at radius 3 is 2.48 bits per heavy atom. The van der Waals surface area contributed by atoms with E-state index in [1.807, 2.05) is 6.07 Å². The van der Waals surface area contributed by atoms with Crippen molar-refractivity contribution in [2.24, 2.45) is 0 Å². The molecule has 0 aliphatic heterocycles. The molecule has 2 N–H and O–H groups in total. The molecular formula is C19H18ClN3O4. The van der Waals surface area contributed by atoms with E-state index in [9.17, 15) is 14.4 Å². The Balaban J connectivity index is 2.09. The van der Waals surface area contributed by atoms with E-state index in [1.54, 1.807) is 36.4 Å². The summed E-state index contributed by atoms with van der Waals surface area (Å²) in [6.45, 7) is 2.68. The van der Waals surface area contributed by atoms with Crippen molar-refractivity contribution in [1.29, 1.82) is 0 Å². The lowest BCUT2D eigenvalue weighted by molar-refractivity contribution is -0.149. The highest BCUT2D eigenvalue weighted by atomic mass is 35.5. The molecule has 27 heavy (non-hydrogen) atoms. The molecule has 0 saturated heterocycles. The van der Waals surface area contributed by atoms with Crippen molar-refractivity contribution in [2.75, 3.05) is 5.32 Å². The maximum Gasteiger partial charge on any atom is 0.355 e. The Labute approximate surface area is 161 Å². The van der Waals surface area contributed by atoms with Crippen molar-refractivity contribution in [3.05, 3.63) is 65.1 Å². The number of pyridine rings is 1. The van der Waals surface area contributed by atoms with E-state index in [1.165, 1.54) is 26.1 Å². The topological polar surface area (TPSA) is 97.4 Å². The van der Waals surface area contributed by atoms with Gasteiger partial charge < -0.3 is 15.4 Å². The van der Waals surface area contributed by atoms with Crippen LogP contribution in [0.4, 0.5) is 5.69 Å². The molecule has 1 aromatic carbocycles. The van der Waals surface area contributed by atoms with Crippen molar-refractivity contribution in [2.45, 2.75) is 20.0 Å². The molecule has 0 bridgehead atoms. The van der Waals surface area contributed by atoms with Gasteiger partial charge in [0.15, 0.2) is 11.3 Å². The number of ether oxygens (including phenoxy) is 1. The van der Waals surface area contributed by atoms with E-state index in [2.05, 4.69) is 15.6 Å². The number of benzene rings is 1. The monoisotopic (exact) mass is 387 g/mol. The molecular weight excluding hydrogens is 370 g/mol. The summed E-state index contributed by atoms with van der Waals surface area (Å²) in [5.74, 6) is -1.86. The third-order valence-electron chi connectivity index (χ3n) is 3.31. The van der Waals surface area contributed by atoms with Gasteiger partial charge in [-0.05, 0) is 30.7 Å². The molecule has 2 rings (SSSR count). The summed E-state index contributed by atoms with van der Waals surface area (Å²) in [6, 6.07) is 12.1. The Kier molecular flexibility index (Phi) is 7.08. The van der Waals surface area contributed by atoms with Crippen molar-refractivity contribution >= 4 is 41.1 Å². The number of hydrogen-bond donors (Lipinski definition) is 2. The van der Waals surface area contributed by atoms with E-state index in [0.29, 0.717) is 11.3 Å². The summed E-state index contributed by atoms with van der Waals surface area (Å²) >= 11 is 5.89. The fourth-order valence-electron chi connectivity index (χ4n) is 2.04. The van der Waals surface area contributed by atoms with Crippen molar-refractivity contribution in [1.82, 2.24) is 10.3 Å². The number of carbonyl (C=O) groups is 3. The van der Waals surface area contributed by atoms with Crippen LogP contribution < -0.4 is 10.6 Å². The van der Waals surface area contributed by atoms with Gasteiger partial charge >= 0.3 is 5.97 Å². The predicted molar refractivity (Wildman–Crippen MR) is 102 cm³/mol. The van der Waals surface area contributed by atoms with Gasteiger partial charge in [0.25, 0.3) is 5.91 Å². The molecule has 0 unspecified atom stereocenters. The number of anilines is 1. The minimum atomic E-state index is -1.12. The van der Waals surface area contributed by atoms with Crippen molar-refractivity contribution in [3.8, 4) is 0 Å². The smallest absolute Gasteiger partial charge is 0.355 e. The standard InChI is InChI=1S/C19H18ClN3O4/c1-12(18(25)23-15-9-6-10-21-17(15)20)27-19(26)16(22-13(2)24)11-14-7-4-3-5-8-14/h3-12H,1-2H3,(H,22,24)(H,23,25)/b16-11-/t12-/m1/s1. The molecule has 0 radical (unpaired) electrons. The minimum Gasteiger partial charge on any atom is -0.448 e. The summed E-state index contributed by atoms with van der Waals surface area (Å²) in [5.41, 5.74) is 0.916. The lowest BCUT2D eigenvalue weighted by Crippen LogP contribution is -2.33. The second-order valence-electron chi connectivity index (χ2n) is 5.53. The second kappa shape index (κ2) is 9.49. The maximum absolute atomic E-state index is 12.4. The molecule has 1 heterocycles. The third-order valence-corrected chi connectivity index (χ3v) is 3.61. The Morgan fingerprint density at radius 2 is 1.85 bits per heavy atom. The van der Waals surface area contributed by atoms with Gasteiger partial charge in [0.1, 0.15) is 5.70 Å². The van der Waals surface area contributed by atoms with Crippen molar-refractivity contribution < 1.29 is 19.1 Å². The van der Waals surface area contributed by atoms with Crippen molar-refractivity contribution in [3.63, 3.8) is 0 Å². The van der Waals surface area contributed by atoms with Crippen LogP contribution in [0, 0.1) is 0 Å². The van der Waals surface area contributed by atoms with Crippen LogP contribution in [-0.4, -0.2) is 28.9 Å². The molecule has 8 heteroatoms. The summed E-state index contributed by atoms with van der Waals surface area (Å²) in [4.78, 5) is 39.8. The quantitative estimate of drug-likeness (QED) is 0.451. The van der Waals surface area contributed by atoms with Gasteiger partial charge in [-0.1, -0.05) is 41.9 Å². The molecule has 0 aliphatic rings. The van der Waals surface area contributed by atoms with E-state index in [0.717, 1.165) is 0 Å². The fraction of sp³-hybridized carbons (Fsp3) is 0.158. The molecule has 0 spiro atoms. The van der Waals surface area contributed by atoms with Gasteiger partial charge in [0.05, 0.1) is 5.69 Å². The van der Waals surface area contributed by atoms with Gasteiger partial charge in [0.2, 0.25) is 5.91 Å². The van der Waals surface area contributed by atoms with Gasteiger partial charge in [-0.3, -0.25) is 9.59 Å². The van der Waals surface area contributed by atoms with E-state index in [4.69, 9.17) is 16.3 Å². The molecule has 1 atom stereocenters. The Morgan fingerprint density at radius 1 is 1.15 bits per heavy atom. The first-order valence-electron chi connectivity index (χ1n) is 8.03.